The van der Waals surface area contributed by atoms with Crippen LogP contribution in [0.2, 0.25) is 0 Å². The first kappa shape index (κ1) is 24.3. The largest absolute Gasteiger partial charge is 0.356 e. The molecule has 4 rings (SSSR count). The van der Waals surface area contributed by atoms with E-state index in [4.69, 9.17) is 0 Å². The molecule has 0 N–H and O–H groups in total. The average Bonchev–Trinajstić information content (AvgIpc) is 3.10. The topological polar surface area (TPSA) is 126 Å². The first-order chi connectivity index (χ1) is 16.5. The van der Waals surface area contributed by atoms with E-state index in [1.165, 1.54) is 72.8 Å². The SMILES string of the molecule is Cc1ccc(S(=O)(=O)N2C(=O)C(C(=O)c3ccccc3)N(S(=O)(=O)c3ccc(C)cc3)C2=O)cc1. The Morgan fingerprint density at radius 1 is 0.686 bits per heavy atom. The predicted octanol–water partition coefficient (Wildman–Crippen LogP) is 2.90. The summed E-state index contributed by atoms with van der Waals surface area (Å²) in [7, 11) is -9.59. The molecule has 11 heteroatoms. The molecule has 1 saturated heterocycles. The lowest BCUT2D eigenvalue weighted by Gasteiger charge is -2.21. The third-order valence-electron chi connectivity index (χ3n) is 5.47. The van der Waals surface area contributed by atoms with Gasteiger partial charge in [0.25, 0.3) is 26.0 Å². The van der Waals surface area contributed by atoms with Crippen LogP contribution in [0.15, 0.2) is 88.7 Å². The Bertz CT molecular complexity index is 1530. The number of urea groups is 1. The van der Waals surface area contributed by atoms with Crippen molar-refractivity contribution in [3.05, 3.63) is 95.6 Å². The fraction of sp³-hybridized carbons (Fsp3) is 0.125. The number of sulfonamides is 2. The molecule has 1 unspecified atom stereocenters. The zero-order valence-corrected chi connectivity index (χ0v) is 20.3. The van der Waals surface area contributed by atoms with E-state index >= 15 is 0 Å². The maximum absolute atomic E-state index is 13.5. The second kappa shape index (κ2) is 8.75. The number of carbonyl (C=O) groups excluding carboxylic acids is 3. The minimum atomic E-state index is -4.81. The van der Waals surface area contributed by atoms with Gasteiger partial charge in [-0.2, -0.15) is 4.31 Å². The van der Waals surface area contributed by atoms with Gasteiger partial charge in [-0.05, 0) is 38.1 Å². The molecule has 0 radical (unpaired) electrons. The molecule has 35 heavy (non-hydrogen) atoms. The number of hydrogen-bond donors (Lipinski definition) is 0. The van der Waals surface area contributed by atoms with Crippen molar-refractivity contribution in [1.29, 1.82) is 0 Å². The number of benzene rings is 3. The molecule has 3 amide bonds. The van der Waals surface area contributed by atoms with Gasteiger partial charge in [0, 0.05) is 5.56 Å². The van der Waals surface area contributed by atoms with Crippen LogP contribution in [0.25, 0.3) is 0 Å². The van der Waals surface area contributed by atoms with E-state index in [-0.39, 0.29) is 19.1 Å². The zero-order chi connectivity index (χ0) is 25.5. The molecule has 0 spiro atoms. The summed E-state index contributed by atoms with van der Waals surface area (Å²) >= 11 is 0. The van der Waals surface area contributed by atoms with Crippen molar-refractivity contribution in [3.63, 3.8) is 0 Å². The fourth-order valence-corrected chi connectivity index (χ4v) is 6.42. The summed E-state index contributed by atoms with van der Waals surface area (Å²) in [5.41, 5.74) is 1.40. The second-order valence-corrected chi connectivity index (χ2v) is 11.6. The summed E-state index contributed by atoms with van der Waals surface area (Å²) in [4.78, 5) is 39.2. The van der Waals surface area contributed by atoms with Crippen molar-refractivity contribution in [2.24, 2.45) is 0 Å². The average molecular weight is 513 g/mol. The molecule has 1 aliphatic rings. The van der Waals surface area contributed by atoms with Gasteiger partial charge in [0.15, 0.2) is 11.8 Å². The van der Waals surface area contributed by atoms with Gasteiger partial charge in [-0.3, -0.25) is 9.59 Å². The lowest BCUT2D eigenvalue weighted by Crippen LogP contribution is -2.45. The molecule has 0 saturated carbocycles. The van der Waals surface area contributed by atoms with Gasteiger partial charge >= 0.3 is 6.03 Å². The molecule has 3 aromatic rings. The van der Waals surface area contributed by atoms with Gasteiger partial charge in [-0.15, -0.1) is 4.31 Å². The number of Topliss-reactive ketones (excluding diaryl/α,β-unsaturated/α-hetero) is 1. The van der Waals surface area contributed by atoms with Crippen molar-refractivity contribution in [1.82, 2.24) is 8.61 Å². The number of carbonyl (C=O) groups is 3. The monoisotopic (exact) mass is 512 g/mol. The molecular weight excluding hydrogens is 492 g/mol. The van der Waals surface area contributed by atoms with Gasteiger partial charge in [0.05, 0.1) is 9.79 Å². The Hall–Kier alpha value is -3.83. The minimum absolute atomic E-state index is 0.0566. The number of imide groups is 1. The summed E-state index contributed by atoms with van der Waals surface area (Å²) in [6, 6.07) is 14.1. The van der Waals surface area contributed by atoms with E-state index in [0.717, 1.165) is 11.1 Å². The van der Waals surface area contributed by atoms with Crippen LogP contribution in [0.5, 0.6) is 0 Å². The smallest absolute Gasteiger partial charge is 0.291 e. The van der Waals surface area contributed by atoms with E-state index in [2.05, 4.69) is 0 Å². The molecule has 9 nitrogen and oxygen atoms in total. The molecule has 1 heterocycles. The predicted molar refractivity (Wildman–Crippen MR) is 125 cm³/mol. The molecule has 3 aromatic carbocycles. The Morgan fingerprint density at radius 3 is 1.63 bits per heavy atom. The fourth-order valence-electron chi connectivity index (χ4n) is 3.59. The highest BCUT2D eigenvalue weighted by atomic mass is 32.2. The second-order valence-electron chi connectivity index (χ2n) is 7.95. The number of amides is 3. The number of hydrogen-bond acceptors (Lipinski definition) is 7. The summed E-state index contributed by atoms with van der Waals surface area (Å²) in [5.74, 6) is -2.50. The molecular formula is C24H20N2O7S2. The molecule has 180 valence electrons. The first-order valence-electron chi connectivity index (χ1n) is 10.4. The molecule has 0 bridgehead atoms. The lowest BCUT2D eigenvalue weighted by atomic mass is 10.0. The third kappa shape index (κ3) is 4.13. The maximum atomic E-state index is 13.5. The van der Waals surface area contributed by atoms with Crippen molar-refractivity contribution in [2.45, 2.75) is 29.7 Å². The van der Waals surface area contributed by atoms with Crippen molar-refractivity contribution >= 4 is 37.8 Å². The van der Waals surface area contributed by atoms with Crippen LogP contribution >= 0.6 is 0 Å². The van der Waals surface area contributed by atoms with E-state index < -0.39 is 48.7 Å². The lowest BCUT2D eigenvalue weighted by molar-refractivity contribution is -0.123. The summed E-state index contributed by atoms with van der Waals surface area (Å²) in [6.45, 7) is 3.44. The zero-order valence-electron chi connectivity index (χ0n) is 18.7. The highest BCUT2D eigenvalue weighted by molar-refractivity contribution is 7.91. The summed E-state index contributed by atoms with van der Waals surface area (Å²) < 4.78 is 53.4. The first-order valence-corrected chi connectivity index (χ1v) is 13.2. The molecule has 1 fully saturated rings. The van der Waals surface area contributed by atoms with E-state index in [9.17, 15) is 31.2 Å². The number of aryl methyl sites for hydroxylation is 2. The Balaban J connectivity index is 1.89. The quantitative estimate of drug-likeness (QED) is 0.282. The highest BCUT2D eigenvalue weighted by Crippen LogP contribution is 2.32. The Kier molecular flexibility index (Phi) is 6.07. The molecule has 0 aromatic heterocycles. The summed E-state index contributed by atoms with van der Waals surface area (Å²) in [6.07, 6.45) is 0. The van der Waals surface area contributed by atoms with Crippen LogP contribution in [-0.2, 0) is 24.8 Å². The minimum Gasteiger partial charge on any atom is -0.291 e. The van der Waals surface area contributed by atoms with Crippen LogP contribution in [0.4, 0.5) is 4.79 Å². The van der Waals surface area contributed by atoms with Crippen LogP contribution in [0, 0.1) is 13.8 Å². The van der Waals surface area contributed by atoms with Crippen LogP contribution in [0.3, 0.4) is 0 Å². The van der Waals surface area contributed by atoms with Crippen LogP contribution < -0.4 is 0 Å². The highest BCUT2D eigenvalue weighted by Gasteiger charge is 2.59. The number of nitrogens with zero attached hydrogens (tertiary/aromatic N) is 2. The maximum Gasteiger partial charge on any atom is 0.356 e. The van der Waals surface area contributed by atoms with Crippen molar-refractivity contribution in [3.8, 4) is 0 Å². The number of ketones is 1. The van der Waals surface area contributed by atoms with E-state index in [1.54, 1.807) is 19.9 Å². The molecule has 1 atom stereocenters. The van der Waals surface area contributed by atoms with Gasteiger partial charge < -0.3 is 0 Å². The van der Waals surface area contributed by atoms with E-state index in [0.29, 0.717) is 0 Å². The summed E-state index contributed by atoms with van der Waals surface area (Å²) in [5, 5.41) is 0. The third-order valence-corrected chi connectivity index (χ3v) is 8.91. The molecule has 0 aliphatic carbocycles. The Labute approximate surface area is 202 Å². The van der Waals surface area contributed by atoms with Crippen LogP contribution in [0.1, 0.15) is 21.5 Å². The van der Waals surface area contributed by atoms with Gasteiger partial charge in [-0.1, -0.05) is 65.7 Å². The standard InChI is InChI=1S/C24H20N2O7S2/c1-16-8-12-19(13-9-16)34(30,31)25-21(22(27)18-6-4-3-5-7-18)23(28)26(24(25)29)35(32,33)20-14-10-17(2)11-15-20/h3-15,21H,1-2H3. The van der Waals surface area contributed by atoms with E-state index in [1.807, 2.05) is 0 Å². The molecule has 1 aliphatic heterocycles. The normalized spacial score (nSPS) is 16.6. The number of rotatable bonds is 6. The van der Waals surface area contributed by atoms with Crippen molar-refractivity contribution < 1.29 is 31.2 Å². The van der Waals surface area contributed by atoms with Gasteiger partial charge in [0.2, 0.25) is 0 Å². The van der Waals surface area contributed by atoms with Gasteiger partial charge in [-0.25, -0.2) is 21.6 Å². The van der Waals surface area contributed by atoms with Crippen molar-refractivity contribution in [2.75, 3.05) is 0 Å². The van der Waals surface area contributed by atoms with Gasteiger partial charge in [0.1, 0.15) is 0 Å². The Morgan fingerprint density at radius 2 is 1.14 bits per heavy atom. The van der Waals surface area contributed by atoms with Crippen LogP contribution in [-0.4, -0.2) is 49.2 Å².